The van der Waals surface area contributed by atoms with Gasteiger partial charge in [0.05, 0.1) is 24.2 Å². The monoisotopic (exact) mass is 470 g/mol. The summed E-state index contributed by atoms with van der Waals surface area (Å²) in [6.45, 7) is 6.34. The van der Waals surface area contributed by atoms with Crippen LogP contribution in [0.25, 0.3) is 5.69 Å². The first-order valence-electron chi connectivity index (χ1n) is 11.2. The van der Waals surface area contributed by atoms with E-state index in [0.717, 1.165) is 30.8 Å². The van der Waals surface area contributed by atoms with E-state index in [1.807, 2.05) is 24.3 Å². The zero-order valence-corrected chi connectivity index (χ0v) is 19.6. The summed E-state index contributed by atoms with van der Waals surface area (Å²) in [6.07, 6.45) is 3.72. The van der Waals surface area contributed by atoms with Crippen molar-refractivity contribution in [1.29, 1.82) is 0 Å². The summed E-state index contributed by atoms with van der Waals surface area (Å²) in [5.74, 6) is 0.125. The Bertz CT molecular complexity index is 1130. The van der Waals surface area contributed by atoms with Gasteiger partial charge in [0.25, 0.3) is 5.56 Å². The molecule has 0 aliphatic carbocycles. The fourth-order valence-corrected chi connectivity index (χ4v) is 4.26. The van der Waals surface area contributed by atoms with Crippen LogP contribution in [0.4, 0.5) is 21.5 Å². The molecule has 1 saturated heterocycles. The number of nitrogens with one attached hydrogen (secondary N) is 1. The summed E-state index contributed by atoms with van der Waals surface area (Å²) in [5, 5.41) is 7.67. The average Bonchev–Trinajstić information content (AvgIpc) is 2.82. The summed E-state index contributed by atoms with van der Waals surface area (Å²) in [7, 11) is 0. The molecule has 0 amide bonds. The van der Waals surface area contributed by atoms with Crippen LogP contribution in [-0.4, -0.2) is 35.6 Å². The molecule has 0 unspecified atom stereocenters. The maximum absolute atomic E-state index is 13.4. The number of hydrogen-bond acceptors (Lipinski definition) is 5. The van der Waals surface area contributed by atoms with Crippen LogP contribution in [0.3, 0.4) is 0 Å². The molecule has 1 fully saturated rings. The molecule has 1 aliphatic heterocycles. The van der Waals surface area contributed by atoms with Gasteiger partial charge in [0.2, 0.25) is 0 Å². The van der Waals surface area contributed by atoms with Crippen LogP contribution in [0.15, 0.2) is 59.5 Å². The van der Waals surface area contributed by atoms with Crippen molar-refractivity contribution >= 4 is 28.7 Å². The third-order valence-electron chi connectivity index (χ3n) is 5.75. The number of halogens is 2. The fourth-order valence-electron chi connectivity index (χ4n) is 4.06. The van der Waals surface area contributed by atoms with Crippen molar-refractivity contribution in [3.63, 3.8) is 0 Å². The Balaban J connectivity index is 1.53. The van der Waals surface area contributed by atoms with E-state index in [-0.39, 0.29) is 22.4 Å². The summed E-state index contributed by atoms with van der Waals surface area (Å²) < 4.78 is 20.1. The first-order chi connectivity index (χ1) is 15.9. The Labute approximate surface area is 197 Å². The molecule has 0 radical (unpaired) electrons. The van der Waals surface area contributed by atoms with Crippen molar-refractivity contribution in [3.05, 3.63) is 75.9 Å². The molecule has 0 saturated carbocycles. The van der Waals surface area contributed by atoms with Crippen molar-refractivity contribution in [2.45, 2.75) is 32.7 Å². The van der Waals surface area contributed by atoms with Gasteiger partial charge in [-0.1, -0.05) is 11.6 Å². The lowest BCUT2D eigenvalue weighted by Gasteiger charge is -2.29. The molecule has 174 valence electrons. The molecule has 0 spiro atoms. The van der Waals surface area contributed by atoms with E-state index in [1.165, 1.54) is 16.8 Å². The smallest absolute Gasteiger partial charge is 0.292 e. The topological polar surface area (TPSA) is 59.4 Å². The molecular weight excluding hydrogens is 443 g/mol. The van der Waals surface area contributed by atoms with E-state index in [4.69, 9.17) is 16.3 Å². The van der Waals surface area contributed by atoms with Gasteiger partial charge in [-0.2, -0.15) is 9.78 Å². The lowest BCUT2D eigenvalue weighted by Crippen LogP contribution is -2.27. The maximum Gasteiger partial charge on any atom is 0.292 e. The first-order valence-corrected chi connectivity index (χ1v) is 11.6. The number of ether oxygens (including phenoxy) is 1. The van der Waals surface area contributed by atoms with Gasteiger partial charge in [0.1, 0.15) is 10.8 Å². The summed E-state index contributed by atoms with van der Waals surface area (Å²) >= 11 is 6.38. The molecular formula is C25H28ClFN4O2. The summed E-state index contributed by atoms with van der Waals surface area (Å²) in [5.41, 5.74) is 2.57. The number of hydrogen-bond donors (Lipinski definition) is 1. The van der Waals surface area contributed by atoms with Crippen LogP contribution in [-0.2, 0) is 4.74 Å². The number of aromatic nitrogens is 2. The second-order valence-electron chi connectivity index (χ2n) is 8.51. The van der Waals surface area contributed by atoms with Gasteiger partial charge < -0.3 is 15.0 Å². The zero-order valence-electron chi connectivity index (χ0n) is 18.8. The van der Waals surface area contributed by atoms with Crippen LogP contribution in [0.2, 0.25) is 5.02 Å². The molecule has 1 atom stereocenters. The summed E-state index contributed by atoms with van der Waals surface area (Å²) in [6, 6.07) is 14.0. The molecule has 1 aromatic heterocycles. The van der Waals surface area contributed by atoms with E-state index < -0.39 is 0 Å². The predicted octanol–water partition coefficient (Wildman–Crippen LogP) is 5.41. The highest BCUT2D eigenvalue weighted by Crippen LogP contribution is 2.29. The van der Waals surface area contributed by atoms with E-state index in [0.29, 0.717) is 30.4 Å². The third-order valence-corrected chi connectivity index (χ3v) is 6.11. The molecule has 1 aliphatic rings. The second kappa shape index (κ2) is 10.4. The third kappa shape index (κ3) is 5.37. The van der Waals surface area contributed by atoms with Crippen molar-refractivity contribution in [3.8, 4) is 5.69 Å². The molecule has 0 bridgehead atoms. The lowest BCUT2D eigenvalue weighted by atomic mass is 10.0. The van der Waals surface area contributed by atoms with E-state index in [9.17, 15) is 9.18 Å². The molecule has 4 rings (SSSR count). The lowest BCUT2D eigenvalue weighted by molar-refractivity contribution is 0.0595. The first kappa shape index (κ1) is 23.3. The molecule has 2 aromatic carbocycles. The highest BCUT2D eigenvalue weighted by Gasteiger charge is 2.17. The highest BCUT2D eigenvalue weighted by molar-refractivity contribution is 6.32. The van der Waals surface area contributed by atoms with Crippen molar-refractivity contribution < 1.29 is 9.13 Å². The standard InChI is InChI=1S/C25H28ClFN4O2/c1-17(2)30(20-7-5-19(27)6-8-20)21-9-11-22(12-10-21)31-25(32)24(26)23(15-29-31)28-14-18-4-3-13-33-16-18/h5-12,15,17-18,28H,3-4,13-14,16H2,1-2H3/t18-/m0/s1. The number of benzene rings is 2. The number of anilines is 3. The van der Waals surface area contributed by atoms with Gasteiger partial charge in [-0.15, -0.1) is 0 Å². The van der Waals surface area contributed by atoms with Gasteiger partial charge in [-0.25, -0.2) is 4.39 Å². The fraction of sp³-hybridized carbons (Fsp3) is 0.360. The van der Waals surface area contributed by atoms with Crippen LogP contribution in [0.1, 0.15) is 26.7 Å². The number of rotatable bonds is 7. The average molecular weight is 471 g/mol. The Morgan fingerprint density at radius 2 is 1.85 bits per heavy atom. The summed E-state index contributed by atoms with van der Waals surface area (Å²) in [4.78, 5) is 15.0. The Hall–Kier alpha value is -2.90. The Kier molecular flexibility index (Phi) is 7.30. The van der Waals surface area contributed by atoms with Crippen LogP contribution >= 0.6 is 11.6 Å². The normalized spacial score (nSPS) is 16.1. The van der Waals surface area contributed by atoms with Crippen molar-refractivity contribution in [2.75, 3.05) is 30.0 Å². The van der Waals surface area contributed by atoms with E-state index in [1.54, 1.807) is 18.3 Å². The van der Waals surface area contributed by atoms with Crippen molar-refractivity contribution in [1.82, 2.24) is 9.78 Å². The van der Waals surface area contributed by atoms with Crippen molar-refractivity contribution in [2.24, 2.45) is 5.92 Å². The van der Waals surface area contributed by atoms with Crippen LogP contribution in [0, 0.1) is 11.7 Å². The molecule has 8 heteroatoms. The molecule has 1 N–H and O–H groups in total. The van der Waals surface area contributed by atoms with Crippen LogP contribution in [0.5, 0.6) is 0 Å². The molecule has 33 heavy (non-hydrogen) atoms. The highest BCUT2D eigenvalue weighted by atomic mass is 35.5. The zero-order chi connectivity index (χ0) is 23.4. The molecule has 6 nitrogen and oxygen atoms in total. The molecule has 2 heterocycles. The van der Waals surface area contributed by atoms with Gasteiger partial charge in [0, 0.05) is 30.6 Å². The van der Waals surface area contributed by atoms with E-state index >= 15 is 0 Å². The van der Waals surface area contributed by atoms with Crippen LogP contribution < -0.4 is 15.8 Å². The van der Waals surface area contributed by atoms with Gasteiger partial charge in [-0.05, 0) is 81.1 Å². The maximum atomic E-state index is 13.4. The van der Waals surface area contributed by atoms with Gasteiger partial charge >= 0.3 is 0 Å². The SMILES string of the molecule is CC(C)N(c1ccc(F)cc1)c1ccc(-n2ncc(NC[C@@H]3CCCOC3)c(Cl)c2=O)cc1. The Morgan fingerprint density at radius 1 is 1.18 bits per heavy atom. The molecule has 3 aromatic rings. The largest absolute Gasteiger partial charge is 0.382 e. The minimum atomic E-state index is -0.381. The predicted molar refractivity (Wildman–Crippen MR) is 131 cm³/mol. The quantitative estimate of drug-likeness (QED) is 0.500. The minimum absolute atomic E-state index is 0.112. The van der Waals surface area contributed by atoms with E-state index in [2.05, 4.69) is 29.2 Å². The number of nitrogens with zero attached hydrogens (tertiary/aromatic N) is 3. The second-order valence-corrected chi connectivity index (χ2v) is 8.89. The Morgan fingerprint density at radius 3 is 2.45 bits per heavy atom. The van der Waals surface area contributed by atoms with Gasteiger partial charge in [0.15, 0.2) is 0 Å². The van der Waals surface area contributed by atoms with Gasteiger partial charge in [-0.3, -0.25) is 4.79 Å². The minimum Gasteiger partial charge on any atom is -0.382 e.